The molecule has 2 N–H and O–H groups in total. The second-order valence-corrected chi connectivity index (χ2v) is 5.48. The van der Waals surface area contributed by atoms with Crippen LogP contribution in [0.5, 0.6) is 0 Å². The summed E-state index contributed by atoms with van der Waals surface area (Å²) in [4.78, 5) is 14.5. The third-order valence-corrected chi connectivity index (χ3v) is 4.16. The van der Waals surface area contributed by atoms with E-state index < -0.39 is 6.04 Å². The zero-order valence-electron chi connectivity index (χ0n) is 12.0. The highest BCUT2D eigenvalue weighted by Gasteiger charge is 2.24. The molecule has 108 valence electrons. The number of amides is 1. The standard InChI is InChI=1S/C18H20N2O/c19-17(16-8-2-1-3-9-16)18(21)20-12-10-14-6-4-5-7-15(14)11-13-20/h1-9,17H,10-13,19H2/t17-/m0/s1. The Morgan fingerprint density at radius 2 is 1.43 bits per heavy atom. The van der Waals surface area contributed by atoms with E-state index >= 15 is 0 Å². The van der Waals surface area contributed by atoms with Crippen LogP contribution in [0.25, 0.3) is 0 Å². The summed E-state index contributed by atoms with van der Waals surface area (Å²) in [5.74, 6) is 0.0222. The second kappa shape index (κ2) is 6.10. The van der Waals surface area contributed by atoms with Crippen LogP contribution < -0.4 is 5.73 Å². The molecule has 0 aromatic heterocycles. The van der Waals surface area contributed by atoms with Crippen molar-refractivity contribution >= 4 is 5.91 Å². The number of hydrogen-bond donors (Lipinski definition) is 1. The smallest absolute Gasteiger partial charge is 0.244 e. The molecular formula is C18H20N2O. The Hall–Kier alpha value is -2.13. The molecule has 0 fully saturated rings. The third-order valence-electron chi connectivity index (χ3n) is 4.16. The quantitative estimate of drug-likeness (QED) is 0.917. The minimum absolute atomic E-state index is 0.0222. The van der Waals surface area contributed by atoms with E-state index in [4.69, 9.17) is 5.73 Å². The summed E-state index contributed by atoms with van der Waals surface area (Å²) >= 11 is 0. The maximum atomic E-state index is 12.6. The van der Waals surface area contributed by atoms with Crippen LogP contribution in [0, 0.1) is 0 Å². The average Bonchev–Trinajstić information content (AvgIpc) is 2.77. The lowest BCUT2D eigenvalue weighted by Gasteiger charge is -2.24. The number of benzene rings is 2. The molecule has 3 heteroatoms. The monoisotopic (exact) mass is 280 g/mol. The van der Waals surface area contributed by atoms with Gasteiger partial charge in [0.25, 0.3) is 0 Å². The molecule has 1 atom stereocenters. The van der Waals surface area contributed by atoms with Gasteiger partial charge in [0, 0.05) is 13.1 Å². The predicted molar refractivity (Wildman–Crippen MR) is 83.8 cm³/mol. The van der Waals surface area contributed by atoms with Crippen molar-refractivity contribution in [1.29, 1.82) is 0 Å². The van der Waals surface area contributed by atoms with Gasteiger partial charge in [-0.05, 0) is 29.5 Å². The van der Waals surface area contributed by atoms with E-state index in [0.717, 1.165) is 31.5 Å². The van der Waals surface area contributed by atoms with E-state index in [2.05, 4.69) is 24.3 Å². The molecule has 3 rings (SSSR count). The maximum Gasteiger partial charge on any atom is 0.244 e. The summed E-state index contributed by atoms with van der Waals surface area (Å²) < 4.78 is 0. The molecule has 0 spiro atoms. The topological polar surface area (TPSA) is 46.3 Å². The molecule has 0 saturated heterocycles. The van der Waals surface area contributed by atoms with E-state index in [1.54, 1.807) is 0 Å². The van der Waals surface area contributed by atoms with Crippen molar-refractivity contribution in [3.8, 4) is 0 Å². The second-order valence-electron chi connectivity index (χ2n) is 5.48. The molecule has 1 heterocycles. The van der Waals surface area contributed by atoms with Gasteiger partial charge in [-0.3, -0.25) is 4.79 Å². The number of nitrogens with zero attached hydrogens (tertiary/aromatic N) is 1. The summed E-state index contributed by atoms with van der Waals surface area (Å²) in [6.45, 7) is 1.49. The fraction of sp³-hybridized carbons (Fsp3) is 0.278. The third kappa shape index (κ3) is 2.98. The van der Waals surface area contributed by atoms with E-state index in [9.17, 15) is 4.79 Å². The molecule has 2 aromatic rings. The van der Waals surface area contributed by atoms with E-state index in [-0.39, 0.29) is 5.91 Å². The number of fused-ring (bicyclic) bond motifs is 1. The average molecular weight is 280 g/mol. The normalized spacial score (nSPS) is 16.0. The maximum absolute atomic E-state index is 12.6. The lowest BCUT2D eigenvalue weighted by Crippen LogP contribution is -2.40. The Balaban J connectivity index is 1.72. The molecule has 0 radical (unpaired) electrons. The van der Waals surface area contributed by atoms with Crippen LogP contribution in [-0.4, -0.2) is 23.9 Å². The van der Waals surface area contributed by atoms with Gasteiger partial charge in [0.2, 0.25) is 5.91 Å². The Kier molecular flexibility index (Phi) is 4.02. The highest BCUT2D eigenvalue weighted by Crippen LogP contribution is 2.19. The fourth-order valence-electron chi connectivity index (χ4n) is 2.89. The first-order chi connectivity index (χ1) is 10.3. The van der Waals surface area contributed by atoms with Gasteiger partial charge in [-0.25, -0.2) is 0 Å². The molecule has 1 amide bonds. The molecule has 0 aliphatic carbocycles. The lowest BCUT2D eigenvalue weighted by atomic mass is 10.0. The number of rotatable bonds is 2. The molecule has 1 aliphatic heterocycles. The minimum atomic E-state index is -0.563. The van der Waals surface area contributed by atoms with Crippen molar-refractivity contribution in [3.05, 3.63) is 71.3 Å². The Bertz CT molecular complexity index is 597. The van der Waals surface area contributed by atoms with E-state index in [1.807, 2.05) is 35.2 Å². The van der Waals surface area contributed by atoms with Crippen molar-refractivity contribution in [2.24, 2.45) is 5.73 Å². The number of carbonyl (C=O) groups excluding carboxylic acids is 1. The van der Waals surface area contributed by atoms with Crippen LogP contribution in [-0.2, 0) is 17.6 Å². The Morgan fingerprint density at radius 1 is 0.905 bits per heavy atom. The Labute approximate surface area is 125 Å². The summed E-state index contributed by atoms with van der Waals surface area (Å²) in [6.07, 6.45) is 1.81. The van der Waals surface area contributed by atoms with Gasteiger partial charge in [0.05, 0.1) is 0 Å². The summed E-state index contributed by atoms with van der Waals surface area (Å²) in [5.41, 5.74) is 9.71. The van der Waals surface area contributed by atoms with Gasteiger partial charge in [-0.1, -0.05) is 54.6 Å². The van der Waals surface area contributed by atoms with Crippen LogP contribution in [0.1, 0.15) is 22.7 Å². The van der Waals surface area contributed by atoms with Gasteiger partial charge < -0.3 is 10.6 Å². The molecule has 21 heavy (non-hydrogen) atoms. The van der Waals surface area contributed by atoms with Crippen LogP contribution in [0.15, 0.2) is 54.6 Å². The van der Waals surface area contributed by atoms with Gasteiger partial charge in [-0.15, -0.1) is 0 Å². The molecule has 1 aliphatic rings. The minimum Gasteiger partial charge on any atom is -0.340 e. The molecule has 0 bridgehead atoms. The summed E-state index contributed by atoms with van der Waals surface area (Å²) in [7, 11) is 0. The van der Waals surface area contributed by atoms with E-state index in [0.29, 0.717) is 0 Å². The molecule has 0 unspecified atom stereocenters. The largest absolute Gasteiger partial charge is 0.340 e. The molecule has 2 aromatic carbocycles. The van der Waals surface area contributed by atoms with Crippen molar-refractivity contribution in [2.75, 3.05) is 13.1 Å². The number of hydrogen-bond acceptors (Lipinski definition) is 2. The molecular weight excluding hydrogens is 260 g/mol. The predicted octanol–water partition coefficient (Wildman–Crippen LogP) is 2.31. The first-order valence-electron chi connectivity index (χ1n) is 7.42. The first-order valence-corrected chi connectivity index (χ1v) is 7.42. The summed E-state index contributed by atoms with van der Waals surface area (Å²) in [5, 5.41) is 0. The zero-order chi connectivity index (χ0) is 14.7. The highest BCUT2D eigenvalue weighted by molar-refractivity contribution is 5.83. The van der Waals surface area contributed by atoms with Crippen molar-refractivity contribution in [1.82, 2.24) is 4.90 Å². The van der Waals surface area contributed by atoms with Gasteiger partial charge in [0.15, 0.2) is 0 Å². The number of carbonyl (C=O) groups is 1. The van der Waals surface area contributed by atoms with Crippen LogP contribution in [0.2, 0.25) is 0 Å². The fourth-order valence-corrected chi connectivity index (χ4v) is 2.89. The highest BCUT2D eigenvalue weighted by atomic mass is 16.2. The Morgan fingerprint density at radius 3 is 2.00 bits per heavy atom. The molecule has 3 nitrogen and oxygen atoms in total. The SMILES string of the molecule is N[C@H](C(=O)N1CCc2ccccc2CC1)c1ccccc1. The van der Waals surface area contributed by atoms with Crippen LogP contribution in [0.4, 0.5) is 0 Å². The van der Waals surface area contributed by atoms with Crippen LogP contribution >= 0.6 is 0 Å². The van der Waals surface area contributed by atoms with Gasteiger partial charge >= 0.3 is 0 Å². The first kappa shape index (κ1) is 13.8. The van der Waals surface area contributed by atoms with Crippen molar-refractivity contribution in [3.63, 3.8) is 0 Å². The zero-order valence-corrected chi connectivity index (χ0v) is 12.0. The van der Waals surface area contributed by atoms with Crippen molar-refractivity contribution < 1.29 is 4.79 Å². The van der Waals surface area contributed by atoms with E-state index in [1.165, 1.54) is 11.1 Å². The van der Waals surface area contributed by atoms with Gasteiger partial charge in [-0.2, -0.15) is 0 Å². The number of nitrogens with two attached hydrogens (primary N) is 1. The van der Waals surface area contributed by atoms with Crippen LogP contribution in [0.3, 0.4) is 0 Å². The lowest BCUT2D eigenvalue weighted by molar-refractivity contribution is -0.132. The van der Waals surface area contributed by atoms with Gasteiger partial charge in [0.1, 0.15) is 6.04 Å². The summed E-state index contributed by atoms with van der Waals surface area (Å²) in [6, 6.07) is 17.5. The van der Waals surface area contributed by atoms with Crippen molar-refractivity contribution in [2.45, 2.75) is 18.9 Å². The molecule has 0 saturated carbocycles.